The largest absolute Gasteiger partial charge is 0.478 e. The van der Waals surface area contributed by atoms with Crippen LogP contribution in [0, 0.1) is 0 Å². The molecule has 5 rings (SSSR count). The molecule has 1 saturated heterocycles. The van der Waals surface area contributed by atoms with Crippen LogP contribution in [0.5, 0.6) is 0 Å². The van der Waals surface area contributed by atoms with Gasteiger partial charge in [0.1, 0.15) is 18.0 Å². The number of rotatable bonds is 11. The highest BCUT2D eigenvalue weighted by Crippen LogP contribution is 2.36. The summed E-state index contributed by atoms with van der Waals surface area (Å²) < 4.78 is 11.1. The number of nitrogen functional groups attached to an aromatic ring is 1. The molecule has 3 aromatic rings. The second-order valence-electron chi connectivity index (χ2n) is 9.49. The molecule has 2 aliphatic rings. The van der Waals surface area contributed by atoms with Crippen LogP contribution in [0.4, 0.5) is 5.13 Å². The molecular weight excluding hydrogens is 598 g/mol. The van der Waals surface area contributed by atoms with Crippen molar-refractivity contribution in [3.63, 3.8) is 0 Å². The van der Waals surface area contributed by atoms with Gasteiger partial charge in [0.25, 0.3) is 11.8 Å². The molecule has 0 saturated carbocycles. The van der Waals surface area contributed by atoms with Gasteiger partial charge in [-0.25, -0.2) is 14.2 Å². The molecule has 0 aliphatic carbocycles. The number of β-lactam (4-membered cyclic amide) rings is 1. The summed E-state index contributed by atoms with van der Waals surface area (Å²) >= 11 is 2.32. The molecule has 4 heterocycles. The second-order valence-corrected chi connectivity index (χ2v) is 11.4. The molecule has 4 N–H and O–H groups in total. The number of amides is 2. The van der Waals surface area contributed by atoms with Crippen molar-refractivity contribution in [3.8, 4) is 0 Å². The number of pyridine rings is 1. The first kappa shape index (κ1) is 29.7. The van der Waals surface area contributed by atoms with E-state index in [0.717, 1.165) is 22.7 Å². The maximum absolute atomic E-state index is 13.3. The first-order valence-corrected chi connectivity index (χ1v) is 14.7. The summed E-state index contributed by atoms with van der Waals surface area (Å²) in [5.74, 6) is -2.32. The van der Waals surface area contributed by atoms with E-state index in [9.17, 15) is 19.2 Å². The van der Waals surface area contributed by atoms with Gasteiger partial charge < -0.3 is 30.6 Å². The fourth-order valence-electron chi connectivity index (χ4n) is 4.13. The number of aromatic carboxylic acids is 1. The number of aromatic nitrogens is 3. The molecule has 16 heteroatoms. The van der Waals surface area contributed by atoms with Gasteiger partial charge in [-0.1, -0.05) is 35.5 Å². The fourth-order valence-corrected chi connectivity index (χ4v) is 5.82. The first-order chi connectivity index (χ1) is 20.7. The summed E-state index contributed by atoms with van der Waals surface area (Å²) in [6.07, 6.45) is 3.91. The van der Waals surface area contributed by atoms with Crippen molar-refractivity contribution in [1.82, 2.24) is 19.6 Å². The molecule has 0 radical (unpaired) electrons. The third kappa shape index (κ3) is 6.98. The number of esters is 1. The highest BCUT2D eigenvalue weighted by atomic mass is 32.2. The number of carbonyl (C=O) groups is 4. The summed E-state index contributed by atoms with van der Waals surface area (Å²) in [5.41, 5.74) is 7.27. The fraction of sp³-hybridized carbons (Fsp3) is 0.259. The van der Waals surface area contributed by atoms with Gasteiger partial charge in [-0.05, 0) is 12.5 Å². The molecule has 2 unspecified atom stereocenters. The smallest absolute Gasteiger partial charge is 0.350 e. The van der Waals surface area contributed by atoms with Crippen molar-refractivity contribution >= 4 is 57.9 Å². The van der Waals surface area contributed by atoms with E-state index >= 15 is 0 Å². The number of fused-ring (bicyclic) bond motifs is 1. The van der Waals surface area contributed by atoms with Crippen molar-refractivity contribution in [2.45, 2.75) is 37.6 Å². The maximum Gasteiger partial charge on any atom is 0.350 e. The van der Waals surface area contributed by atoms with Crippen LogP contribution < -0.4 is 15.6 Å². The lowest BCUT2D eigenvalue weighted by Gasteiger charge is -2.47. The van der Waals surface area contributed by atoms with Crippen LogP contribution in [0.25, 0.3) is 0 Å². The van der Waals surface area contributed by atoms with Crippen LogP contribution in [0.3, 0.4) is 0 Å². The van der Waals surface area contributed by atoms with E-state index in [2.05, 4.69) is 19.8 Å². The molecule has 3 atom stereocenters. The van der Waals surface area contributed by atoms with Crippen molar-refractivity contribution in [1.29, 1.82) is 0 Å². The average Bonchev–Trinajstić information content (AvgIpc) is 3.44. The number of anilines is 1. The van der Waals surface area contributed by atoms with Crippen LogP contribution in [-0.2, 0) is 37.1 Å². The Labute approximate surface area is 253 Å². The molecule has 222 valence electrons. The lowest BCUT2D eigenvalue weighted by Crippen LogP contribution is -2.69. The quantitative estimate of drug-likeness (QED) is 0.0905. The van der Waals surface area contributed by atoms with Gasteiger partial charge in [-0.2, -0.15) is 9.36 Å². The van der Waals surface area contributed by atoms with E-state index in [4.69, 9.17) is 20.4 Å². The Kier molecular flexibility index (Phi) is 8.96. The average molecular weight is 625 g/mol. The molecule has 1 aromatic carbocycles. The molecule has 1 fully saturated rings. The topological polar surface area (TPSA) is 190 Å². The van der Waals surface area contributed by atoms with Crippen molar-refractivity contribution in [2.75, 3.05) is 11.5 Å². The Bertz CT molecular complexity index is 1590. The van der Waals surface area contributed by atoms with Gasteiger partial charge in [0, 0.05) is 41.2 Å². The van der Waals surface area contributed by atoms with Gasteiger partial charge in [-0.3, -0.25) is 9.59 Å². The predicted molar refractivity (Wildman–Crippen MR) is 154 cm³/mol. The van der Waals surface area contributed by atoms with Gasteiger partial charge >= 0.3 is 11.9 Å². The highest BCUT2D eigenvalue weighted by Gasteiger charge is 2.50. The molecule has 2 amide bonds. The number of nitrogens with zero attached hydrogens (tertiary/aromatic N) is 5. The number of hydrogen-bond donors (Lipinski definition) is 3. The number of ether oxygens (including phenoxy) is 1. The van der Waals surface area contributed by atoms with E-state index in [-0.39, 0.29) is 40.1 Å². The Balaban J connectivity index is 1.21. The SMILES string of the molecule is CC(ON=C(C(=O)NC1C(=O)N2C=C(C[n+]3ccc(C(=O)O)cc3)CS[C@H]12)c1nsc(N)n1)C(=O)OCc1ccccc1. The Hall–Kier alpha value is -4.83. The van der Waals surface area contributed by atoms with E-state index < -0.39 is 30.0 Å². The lowest BCUT2D eigenvalue weighted by atomic mass is 10.1. The monoisotopic (exact) mass is 624 g/mol. The zero-order chi connectivity index (χ0) is 30.5. The van der Waals surface area contributed by atoms with Crippen LogP contribution in [0.2, 0.25) is 0 Å². The number of benzene rings is 1. The summed E-state index contributed by atoms with van der Waals surface area (Å²) in [4.78, 5) is 60.5. The number of oxime groups is 1. The summed E-state index contributed by atoms with van der Waals surface area (Å²) in [7, 11) is 0. The van der Waals surface area contributed by atoms with E-state index in [1.807, 2.05) is 34.9 Å². The Morgan fingerprint density at radius 3 is 2.65 bits per heavy atom. The molecule has 2 aromatic heterocycles. The number of nitrogens with one attached hydrogen (secondary N) is 1. The summed E-state index contributed by atoms with van der Waals surface area (Å²) in [6, 6.07) is 11.3. The zero-order valence-corrected chi connectivity index (χ0v) is 24.3. The van der Waals surface area contributed by atoms with Crippen molar-refractivity contribution < 1.29 is 38.4 Å². The van der Waals surface area contributed by atoms with Crippen LogP contribution in [-0.4, -0.2) is 72.1 Å². The third-order valence-corrected chi connectivity index (χ3v) is 8.30. The van der Waals surface area contributed by atoms with Gasteiger partial charge in [0.15, 0.2) is 24.1 Å². The van der Waals surface area contributed by atoms with Crippen molar-refractivity contribution in [3.05, 3.63) is 83.6 Å². The third-order valence-electron chi connectivity index (χ3n) is 6.38. The Morgan fingerprint density at radius 1 is 1.23 bits per heavy atom. The normalized spacial score (nSPS) is 18.5. The van der Waals surface area contributed by atoms with Gasteiger partial charge in [0.2, 0.25) is 17.6 Å². The van der Waals surface area contributed by atoms with E-state index in [1.54, 1.807) is 18.6 Å². The molecular formula is C27H26N7O7S2+. The lowest BCUT2D eigenvalue weighted by molar-refractivity contribution is -0.689. The minimum Gasteiger partial charge on any atom is -0.478 e. The van der Waals surface area contributed by atoms with Crippen LogP contribution >= 0.6 is 23.3 Å². The maximum atomic E-state index is 13.3. The van der Waals surface area contributed by atoms with Crippen LogP contribution in [0.1, 0.15) is 28.7 Å². The highest BCUT2D eigenvalue weighted by molar-refractivity contribution is 8.00. The number of carbonyl (C=O) groups excluding carboxylic acids is 3. The second kappa shape index (κ2) is 13.0. The molecule has 0 bridgehead atoms. The van der Waals surface area contributed by atoms with Crippen molar-refractivity contribution in [2.24, 2.45) is 5.16 Å². The van der Waals surface area contributed by atoms with Crippen LogP contribution in [0.15, 0.2) is 71.8 Å². The minimum absolute atomic E-state index is 0.0415. The number of thioether (sulfide) groups is 1. The van der Waals surface area contributed by atoms with E-state index in [1.165, 1.54) is 35.7 Å². The number of nitrogens with two attached hydrogens (primary N) is 1. The summed E-state index contributed by atoms with van der Waals surface area (Å²) in [6.45, 7) is 1.93. The summed E-state index contributed by atoms with van der Waals surface area (Å²) in [5, 5.41) is 15.3. The molecule has 2 aliphatic heterocycles. The minimum atomic E-state index is -1.15. The predicted octanol–water partition coefficient (Wildman–Crippen LogP) is 0.943. The number of carboxylic acids is 1. The Morgan fingerprint density at radius 2 is 1.98 bits per heavy atom. The molecule has 14 nitrogen and oxygen atoms in total. The zero-order valence-electron chi connectivity index (χ0n) is 22.7. The number of carboxylic acid groups (broad SMARTS) is 1. The van der Waals surface area contributed by atoms with Gasteiger partial charge in [-0.15, -0.1) is 11.8 Å². The first-order valence-electron chi connectivity index (χ1n) is 12.9. The van der Waals surface area contributed by atoms with E-state index in [0.29, 0.717) is 12.3 Å². The van der Waals surface area contributed by atoms with Gasteiger partial charge in [0.05, 0.1) is 5.56 Å². The molecule has 43 heavy (non-hydrogen) atoms. The number of hydrogen-bond acceptors (Lipinski definition) is 12. The molecule has 0 spiro atoms. The standard InChI is InChI=1S/C27H25N7O7S2/c1-15(26(39)40-13-16-5-3-2-4-6-16)41-31-19(21-30-27(28)43-32-21)22(35)29-20-23(36)34-12-17(14-42-24(20)34)11-33-9-7-18(8-10-33)25(37)38/h2-10,12,15,20,24H,11,13-14H2,1H3,(H3-,28,29,30,32,35,37,38)/p+1/t15?,20?,24-/m1/s1.